The summed E-state index contributed by atoms with van der Waals surface area (Å²) in [6, 6.07) is 12.3. The Morgan fingerprint density at radius 1 is 1.18 bits per heavy atom. The highest BCUT2D eigenvalue weighted by Crippen LogP contribution is 2.26. The van der Waals surface area contributed by atoms with Crippen molar-refractivity contribution in [2.24, 2.45) is 0 Å². The van der Waals surface area contributed by atoms with Crippen LogP contribution < -0.4 is 5.32 Å². The highest BCUT2D eigenvalue weighted by molar-refractivity contribution is 8.00. The van der Waals surface area contributed by atoms with E-state index in [0.29, 0.717) is 18.1 Å². The fourth-order valence-electron chi connectivity index (χ4n) is 2.87. The van der Waals surface area contributed by atoms with Gasteiger partial charge >= 0.3 is 0 Å². The van der Waals surface area contributed by atoms with Gasteiger partial charge in [0.15, 0.2) is 0 Å². The monoisotopic (exact) mass is 399 g/mol. The number of para-hydroxylation sites is 1. The summed E-state index contributed by atoms with van der Waals surface area (Å²) in [6.45, 7) is 6.31. The van der Waals surface area contributed by atoms with Crippen LogP contribution in [-0.2, 0) is 11.2 Å². The molecule has 0 aliphatic heterocycles. The van der Waals surface area contributed by atoms with Gasteiger partial charge in [-0.25, -0.2) is 4.39 Å². The Kier molecular flexibility index (Phi) is 6.41. The van der Waals surface area contributed by atoms with Crippen molar-refractivity contribution in [2.75, 3.05) is 6.54 Å². The summed E-state index contributed by atoms with van der Waals surface area (Å²) in [4.78, 5) is 12.4. The summed E-state index contributed by atoms with van der Waals surface area (Å²) < 4.78 is 14.6. The van der Waals surface area contributed by atoms with Gasteiger partial charge in [0.25, 0.3) is 0 Å². The Balaban J connectivity index is 1.60. The van der Waals surface area contributed by atoms with Crippen LogP contribution in [-0.4, -0.2) is 37.9 Å². The third kappa shape index (κ3) is 4.75. The Morgan fingerprint density at radius 3 is 2.54 bits per heavy atom. The van der Waals surface area contributed by atoms with Crippen LogP contribution in [0.15, 0.2) is 47.6 Å². The summed E-state index contributed by atoms with van der Waals surface area (Å²) >= 11 is 1.31. The minimum absolute atomic E-state index is 0.0943. The van der Waals surface area contributed by atoms with Crippen LogP contribution in [0.1, 0.15) is 23.6 Å². The van der Waals surface area contributed by atoms with Gasteiger partial charge in [-0.2, -0.15) is 4.68 Å². The van der Waals surface area contributed by atoms with E-state index in [0.717, 1.165) is 22.4 Å². The maximum absolute atomic E-state index is 12.9. The number of rotatable bonds is 7. The van der Waals surface area contributed by atoms with Gasteiger partial charge in [0.05, 0.1) is 10.9 Å². The van der Waals surface area contributed by atoms with E-state index in [4.69, 9.17) is 0 Å². The van der Waals surface area contributed by atoms with Crippen molar-refractivity contribution < 1.29 is 9.18 Å². The zero-order chi connectivity index (χ0) is 20.1. The molecule has 0 bridgehead atoms. The van der Waals surface area contributed by atoms with Crippen molar-refractivity contribution in [2.45, 2.75) is 37.6 Å². The number of amides is 1. The van der Waals surface area contributed by atoms with Crippen molar-refractivity contribution in [3.8, 4) is 5.69 Å². The summed E-state index contributed by atoms with van der Waals surface area (Å²) in [5.74, 6) is -0.359. The molecule has 3 rings (SSSR count). The molecule has 1 N–H and O–H groups in total. The third-order valence-corrected chi connectivity index (χ3v) is 5.40. The lowest BCUT2D eigenvalue weighted by Crippen LogP contribution is -2.32. The molecule has 8 heteroatoms. The van der Waals surface area contributed by atoms with E-state index in [2.05, 4.69) is 20.8 Å². The van der Waals surface area contributed by atoms with E-state index in [-0.39, 0.29) is 17.0 Å². The molecule has 0 radical (unpaired) electrons. The first-order chi connectivity index (χ1) is 13.5. The van der Waals surface area contributed by atoms with Crippen molar-refractivity contribution in [3.63, 3.8) is 0 Å². The topological polar surface area (TPSA) is 72.7 Å². The lowest BCUT2D eigenvalue weighted by Gasteiger charge is -2.13. The first-order valence-corrected chi connectivity index (χ1v) is 9.87. The van der Waals surface area contributed by atoms with Gasteiger partial charge in [-0.05, 0) is 66.4 Å². The Morgan fingerprint density at radius 2 is 1.86 bits per heavy atom. The summed E-state index contributed by atoms with van der Waals surface area (Å²) in [6.07, 6.45) is 0.642. The second kappa shape index (κ2) is 8.97. The van der Waals surface area contributed by atoms with E-state index in [1.165, 1.54) is 23.9 Å². The SMILES string of the molecule is Cc1cccc(C)c1-n1nnnc1S[C@@H](C)C(=O)NCCc1ccc(F)cc1. The van der Waals surface area contributed by atoms with Crippen LogP contribution in [0, 0.1) is 19.7 Å². The first kappa shape index (κ1) is 20.0. The standard InChI is InChI=1S/C20H22FN5OS/c1-13-5-4-6-14(2)18(13)26-20(23-24-25-26)28-15(3)19(27)22-12-11-16-7-9-17(21)10-8-16/h4-10,15H,11-12H2,1-3H3,(H,22,27)/t15-/m0/s1. The van der Waals surface area contributed by atoms with Crippen LogP contribution in [0.5, 0.6) is 0 Å². The van der Waals surface area contributed by atoms with Gasteiger partial charge in [-0.1, -0.05) is 42.1 Å². The Bertz CT molecular complexity index is 937. The number of nitrogens with zero attached hydrogens (tertiary/aromatic N) is 4. The number of carbonyl (C=O) groups is 1. The molecule has 2 aromatic carbocycles. The molecule has 0 aliphatic rings. The molecule has 146 valence electrons. The molecule has 0 unspecified atom stereocenters. The molecular formula is C20H22FN5OS. The molecule has 0 saturated carbocycles. The molecule has 0 spiro atoms. The lowest BCUT2D eigenvalue weighted by atomic mass is 10.1. The Hall–Kier alpha value is -2.74. The number of carbonyl (C=O) groups excluding carboxylic acids is 1. The molecule has 3 aromatic rings. The molecule has 1 heterocycles. The van der Waals surface area contributed by atoms with Crippen LogP contribution in [0.4, 0.5) is 4.39 Å². The number of aryl methyl sites for hydroxylation is 2. The van der Waals surface area contributed by atoms with Crippen molar-refractivity contribution in [1.29, 1.82) is 0 Å². The van der Waals surface area contributed by atoms with Crippen LogP contribution in [0.2, 0.25) is 0 Å². The van der Waals surface area contributed by atoms with Crippen LogP contribution in [0.25, 0.3) is 5.69 Å². The zero-order valence-electron chi connectivity index (χ0n) is 16.0. The minimum atomic E-state index is -0.359. The maximum Gasteiger partial charge on any atom is 0.233 e. The molecule has 1 amide bonds. The van der Waals surface area contributed by atoms with Gasteiger partial charge in [0.2, 0.25) is 11.1 Å². The van der Waals surface area contributed by atoms with Gasteiger partial charge in [-0.3, -0.25) is 4.79 Å². The summed E-state index contributed by atoms with van der Waals surface area (Å²) in [7, 11) is 0. The highest BCUT2D eigenvalue weighted by atomic mass is 32.2. The lowest BCUT2D eigenvalue weighted by molar-refractivity contribution is -0.120. The number of benzene rings is 2. The molecule has 0 fully saturated rings. The predicted molar refractivity (Wildman–Crippen MR) is 107 cm³/mol. The second-order valence-electron chi connectivity index (χ2n) is 6.54. The van der Waals surface area contributed by atoms with Crippen molar-refractivity contribution >= 4 is 17.7 Å². The average Bonchev–Trinajstić information content (AvgIpc) is 3.11. The number of halogens is 1. The maximum atomic E-state index is 12.9. The predicted octanol–water partition coefficient (Wildman–Crippen LogP) is 3.26. The van der Waals surface area contributed by atoms with Crippen molar-refractivity contribution in [3.05, 3.63) is 65.0 Å². The highest BCUT2D eigenvalue weighted by Gasteiger charge is 2.20. The van der Waals surface area contributed by atoms with E-state index < -0.39 is 0 Å². The molecule has 1 aromatic heterocycles. The smallest absolute Gasteiger partial charge is 0.233 e. The van der Waals surface area contributed by atoms with Gasteiger partial charge in [0.1, 0.15) is 5.82 Å². The van der Waals surface area contributed by atoms with E-state index >= 15 is 0 Å². The number of aromatic nitrogens is 4. The van der Waals surface area contributed by atoms with Crippen LogP contribution >= 0.6 is 11.8 Å². The summed E-state index contributed by atoms with van der Waals surface area (Å²) in [5.41, 5.74) is 4.02. The fraction of sp³-hybridized carbons (Fsp3) is 0.300. The fourth-order valence-corrected chi connectivity index (χ4v) is 3.69. The molecule has 1 atom stereocenters. The number of hydrogen-bond donors (Lipinski definition) is 1. The number of tetrazole rings is 1. The average molecular weight is 399 g/mol. The number of hydrogen-bond acceptors (Lipinski definition) is 5. The van der Waals surface area contributed by atoms with E-state index in [1.807, 2.05) is 39.0 Å². The zero-order valence-corrected chi connectivity index (χ0v) is 16.8. The molecular weight excluding hydrogens is 377 g/mol. The quantitative estimate of drug-likeness (QED) is 0.618. The minimum Gasteiger partial charge on any atom is -0.355 e. The molecule has 28 heavy (non-hydrogen) atoms. The first-order valence-electron chi connectivity index (χ1n) is 8.99. The van der Waals surface area contributed by atoms with E-state index in [1.54, 1.807) is 16.8 Å². The van der Waals surface area contributed by atoms with Crippen molar-refractivity contribution in [1.82, 2.24) is 25.5 Å². The summed E-state index contributed by atoms with van der Waals surface area (Å²) in [5, 5.41) is 15.1. The third-order valence-electron chi connectivity index (χ3n) is 4.37. The van der Waals surface area contributed by atoms with E-state index in [9.17, 15) is 9.18 Å². The Labute approximate surface area is 167 Å². The largest absolute Gasteiger partial charge is 0.355 e. The van der Waals surface area contributed by atoms with Gasteiger partial charge < -0.3 is 5.32 Å². The second-order valence-corrected chi connectivity index (χ2v) is 7.85. The number of nitrogens with one attached hydrogen (secondary N) is 1. The normalized spacial score (nSPS) is 12.0. The van der Waals surface area contributed by atoms with Crippen LogP contribution in [0.3, 0.4) is 0 Å². The molecule has 0 aliphatic carbocycles. The van der Waals surface area contributed by atoms with Gasteiger partial charge in [0, 0.05) is 6.54 Å². The molecule has 0 saturated heterocycles. The molecule has 6 nitrogen and oxygen atoms in total. The number of thioether (sulfide) groups is 1. The van der Waals surface area contributed by atoms with Gasteiger partial charge in [-0.15, -0.1) is 5.10 Å².